The zero-order valence-corrected chi connectivity index (χ0v) is 11.2. The Labute approximate surface area is 100 Å². The molecule has 1 N–H and O–H groups in total. The third-order valence-electron chi connectivity index (χ3n) is 2.63. The predicted molar refractivity (Wildman–Crippen MR) is 67.2 cm³/mol. The van der Waals surface area contributed by atoms with Gasteiger partial charge in [-0.2, -0.15) is 5.26 Å². The summed E-state index contributed by atoms with van der Waals surface area (Å²) < 4.78 is 5.54. The van der Waals surface area contributed by atoms with E-state index in [1.807, 2.05) is 13.8 Å². The van der Waals surface area contributed by atoms with Gasteiger partial charge in [0.2, 0.25) is 0 Å². The zero-order chi connectivity index (χ0) is 12.4. The minimum absolute atomic E-state index is 0.438. The summed E-state index contributed by atoms with van der Waals surface area (Å²) in [6.45, 7) is 10.7. The summed E-state index contributed by atoms with van der Waals surface area (Å²) in [7, 11) is 0. The molecule has 94 valence electrons. The lowest BCUT2D eigenvalue weighted by Crippen LogP contribution is -2.41. The number of nitrogens with zero attached hydrogens (tertiary/aromatic N) is 1. The van der Waals surface area contributed by atoms with Gasteiger partial charge in [0.05, 0.1) is 6.07 Å². The van der Waals surface area contributed by atoms with Crippen LogP contribution in [0.2, 0.25) is 0 Å². The third kappa shape index (κ3) is 7.67. The molecular formula is C13H26N2O. The Morgan fingerprint density at radius 3 is 2.56 bits per heavy atom. The minimum Gasteiger partial charge on any atom is -0.381 e. The number of nitrogens with one attached hydrogen (secondary N) is 1. The maximum atomic E-state index is 9.02. The van der Waals surface area contributed by atoms with Crippen molar-refractivity contribution in [3.05, 3.63) is 0 Å². The average Bonchev–Trinajstić information content (AvgIpc) is 2.23. The normalized spacial score (nSPS) is 14.8. The molecule has 0 saturated carbocycles. The van der Waals surface area contributed by atoms with Gasteiger partial charge < -0.3 is 4.74 Å². The highest BCUT2D eigenvalue weighted by Gasteiger charge is 2.21. The topological polar surface area (TPSA) is 45.0 Å². The first-order valence-electron chi connectivity index (χ1n) is 6.28. The van der Waals surface area contributed by atoms with Crippen LogP contribution in [0, 0.1) is 17.2 Å². The largest absolute Gasteiger partial charge is 0.381 e. The molecule has 0 radical (unpaired) electrons. The highest BCUT2D eigenvalue weighted by Crippen LogP contribution is 2.09. The standard InChI is InChI=1S/C13H26N2O/c1-5-15-13(4,11-14)8-10-16-9-6-7-12(2)3/h12,15H,5-10H2,1-4H3. The second-order valence-electron chi connectivity index (χ2n) is 4.87. The van der Waals surface area contributed by atoms with Crippen LogP contribution in [-0.4, -0.2) is 25.3 Å². The van der Waals surface area contributed by atoms with E-state index in [4.69, 9.17) is 10.00 Å². The highest BCUT2D eigenvalue weighted by atomic mass is 16.5. The molecule has 0 aliphatic heterocycles. The van der Waals surface area contributed by atoms with E-state index in [0.717, 1.165) is 31.9 Å². The first kappa shape index (κ1) is 15.4. The molecule has 0 rings (SSSR count). The third-order valence-corrected chi connectivity index (χ3v) is 2.63. The van der Waals surface area contributed by atoms with E-state index in [0.29, 0.717) is 6.61 Å². The van der Waals surface area contributed by atoms with Gasteiger partial charge in [-0.25, -0.2) is 0 Å². The van der Waals surface area contributed by atoms with Crippen LogP contribution in [0.1, 0.15) is 47.0 Å². The summed E-state index contributed by atoms with van der Waals surface area (Å²) >= 11 is 0. The molecule has 3 nitrogen and oxygen atoms in total. The van der Waals surface area contributed by atoms with Gasteiger partial charge >= 0.3 is 0 Å². The van der Waals surface area contributed by atoms with Crippen molar-refractivity contribution in [2.24, 2.45) is 5.92 Å². The van der Waals surface area contributed by atoms with Gasteiger partial charge in [0.15, 0.2) is 0 Å². The maximum absolute atomic E-state index is 9.02. The Morgan fingerprint density at radius 1 is 1.38 bits per heavy atom. The zero-order valence-electron chi connectivity index (χ0n) is 11.2. The molecule has 16 heavy (non-hydrogen) atoms. The number of ether oxygens (including phenoxy) is 1. The van der Waals surface area contributed by atoms with Gasteiger partial charge in [0.25, 0.3) is 0 Å². The van der Waals surface area contributed by atoms with Crippen LogP contribution in [0.4, 0.5) is 0 Å². The molecule has 0 saturated heterocycles. The van der Waals surface area contributed by atoms with Crippen molar-refractivity contribution in [2.45, 2.75) is 52.5 Å². The molecule has 0 aromatic rings. The molecule has 0 fully saturated rings. The fourth-order valence-corrected chi connectivity index (χ4v) is 1.55. The Bertz CT molecular complexity index is 210. The van der Waals surface area contributed by atoms with Crippen molar-refractivity contribution in [3.63, 3.8) is 0 Å². The summed E-state index contributed by atoms with van der Waals surface area (Å²) in [5.74, 6) is 0.745. The molecule has 0 spiro atoms. The van der Waals surface area contributed by atoms with Crippen molar-refractivity contribution >= 4 is 0 Å². The quantitative estimate of drug-likeness (QED) is 0.615. The van der Waals surface area contributed by atoms with Crippen LogP contribution < -0.4 is 5.32 Å². The fourth-order valence-electron chi connectivity index (χ4n) is 1.55. The predicted octanol–water partition coefficient (Wildman–Crippen LogP) is 2.72. The first-order valence-corrected chi connectivity index (χ1v) is 6.28. The lowest BCUT2D eigenvalue weighted by atomic mass is 10.0. The van der Waals surface area contributed by atoms with Gasteiger partial charge in [0.1, 0.15) is 5.54 Å². The molecule has 0 amide bonds. The lowest BCUT2D eigenvalue weighted by molar-refractivity contribution is 0.113. The van der Waals surface area contributed by atoms with Crippen LogP contribution >= 0.6 is 0 Å². The molecule has 1 unspecified atom stereocenters. The minimum atomic E-state index is -0.438. The van der Waals surface area contributed by atoms with E-state index in [1.54, 1.807) is 0 Å². The Balaban J connectivity index is 3.53. The number of hydrogen-bond donors (Lipinski definition) is 1. The van der Waals surface area contributed by atoms with Crippen LogP contribution in [0.15, 0.2) is 0 Å². The summed E-state index contributed by atoms with van der Waals surface area (Å²) in [5, 5.41) is 12.2. The Morgan fingerprint density at radius 2 is 2.06 bits per heavy atom. The van der Waals surface area contributed by atoms with Crippen molar-refractivity contribution in [1.82, 2.24) is 5.32 Å². The Hall–Kier alpha value is -0.590. The number of nitriles is 1. The summed E-state index contributed by atoms with van der Waals surface area (Å²) in [4.78, 5) is 0. The molecule has 1 atom stereocenters. The molecule has 0 heterocycles. The monoisotopic (exact) mass is 226 g/mol. The summed E-state index contributed by atoms with van der Waals surface area (Å²) in [6, 6.07) is 2.30. The van der Waals surface area contributed by atoms with Crippen molar-refractivity contribution in [2.75, 3.05) is 19.8 Å². The molecular weight excluding hydrogens is 200 g/mol. The number of rotatable bonds is 9. The second kappa shape index (κ2) is 8.55. The van der Waals surface area contributed by atoms with Gasteiger partial charge in [-0.15, -0.1) is 0 Å². The van der Waals surface area contributed by atoms with Gasteiger partial charge in [0, 0.05) is 19.6 Å². The van der Waals surface area contributed by atoms with Gasteiger partial charge in [-0.1, -0.05) is 20.8 Å². The second-order valence-corrected chi connectivity index (χ2v) is 4.87. The van der Waals surface area contributed by atoms with E-state index >= 15 is 0 Å². The van der Waals surface area contributed by atoms with E-state index in [9.17, 15) is 0 Å². The molecule has 0 aliphatic carbocycles. The van der Waals surface area contributed by atoms with E-state index in [1.165, 1.54) is 6.42 Å². The molecule has 0 aliphatic rings. The average molecular weight is 226 g/mol. The smallest absolute Gasteiger partial charge is 0.106 e. The van der Waals surface area contributed by atoms with Crippen molar-refractivity contribution in [1.29, 1.82) is 5.26 Å². The Kier molecular flexibility index (Phi) is 8.23. The SMILES string of the molecule is CCNC(C)(C#N)CCOCCCC(C)C. The molecule has 3 heteroatoms. The summed E-state index contributed by atoms with van der Waals surface area (Å²) in [5.41, 5.74) is -0.438. The van der Waals surface area contributed by atoms with E-state index < -0.39 is 5.54 Å². The lowest BCUT2D eigenvalue weighted by Gasteiger charge is -2.22. The number of hydrogen-bond acceptors (Lipinski definition) is 3. The molecule has 0 aromatic heterocycles. The fraction of sp³-hybridized carbons (Fsp3) is 0.923. The van der Waals surface area contributed by atoms with Crippen LogP contribution in [-0.2, 0) is 4.74 Å². The van der Waals surface area contributed by atoms with Crippen LogP contribution in [0.5, 0.6) is 0 Å². The van der Waals surface area contributed by atoms with Crippen molar-refractivity contribution in [3.8, 4) is 6.07 Å². The van der Waals surface area contributed by atoms with Crippen molar-refractivity contribution < 1.29 is 4.74 Å². The maximum Gasteiger partial charge on any atom is 0.106 e. The van der Waals surface area contributed by atoms with Crippen LogP contribution in [0.25, 0.3) is 0 Å². The van der Waals surface area contributed by atoms with Gasteiger partial charge in [-0.3, -0.25) is 5.32 Å². The first-order chi connectivity index (χ1) is 7.54. The highest BCUT2D eigenvalue weighted by molar-refractivity contribution is 5.03. The van der Waals surface area contributed by atoms with Crippen LogP contribution in [0.3, 0.4) is 0 Å². The molecule has 0 bridgehead atoms. The van der Waals surface area contributed by atoms with Gasteiger partial charge in [-0.05, 0) is 32.2 Å². The molecule has 0 aromatic carbocycles. The van der Waals surface area contributed by atoms with E-state index in [2.05, 4.69) is 25.2 Å². The summed E-state index contributed by atoms with van der Waals surface area (Å²) in [6.07, 6.45) is 3.07. The van der Waals surface area contributed by atoms with E-state index in [-0.39, 0.29) is 0 Å².